The molecule has 0 atom stereocenters. The molecule has 0 radical (unpaired) electrons. The third kappa shape index (κ3) is 1.56. The van der Waals surface area contributed by atoms with E-state index >= 15 is 0 Å². The van der Waals surface area contributed by atoms with Gasteiger partial charge < -0.3 is 10.0 Å². The van der Waals surface area contributed by atoms with Gasteiger partial charge in [-0.1, -0.05) is 30.3 Å². The van der Waals surface area contributed by atoms with Gasteiger partial charge >= 0.3 is 5.97 Å². The van der Waals surface area contributed by atoms with Crippen LogP contribution in [0.5, 0.6) is 0 Å². The summed E-state index contributed by atoms with van der Waals surface area (Å²) >= 11 is 0. The highest BCUT2D eigenvalue weighted by molar-refractivity contribution is 5.91. The summed E-state index contributed by atoms with van der Waals surface area (Å²) in [6.07, 6.45) is 7.31. The Morgan fingerprint density at radius 2 is 2.06 bits per heavy atom. The van der Waals surface area contributed by atoms with Gasteiger partial charge in [-0.25, -0.2) is 4.79 Å². The summed E-state index contributed by atoms with van der Waals surface area (Å²) in [5.74, 6) is -0.890. The summed E-state index contributed by atoms with van der Waals surface area (Å²) in [4.78, 5) is 12.9. The maximum absolute atomic E-state index is 10.9. The molecule has 0 saturated carbocycles. The lowest BCUT2D eigenvalue weighted by molar-refractivity contribution is -0.132. The van der Waals surface area contributed by atoms with E-state index in [0.717, 1.165) is 10.9 Å². The van der Waals surface area contributed by atoms with Crippen molar-refractivity contribution in [3.63, 3.8) is 0 Å². The lowest BCUT2D eigenvalue weighted by atomic mass is 10.1. The largest absolute Gasteiger partial charge is 0.478 e. The topological polar surface area (TPSA) is 40.5 Å². The Kier molecular flexibility index (Phi) is 2.11. The zero-order valence-corrected chi connectivity index (χ0v) is 9.13. The molecule has 2 aliphatic heterocycles. The Labute approximate surface area is 98.3 Å². The number of carbonyl (C=O) groups is 1. The molecule has 0 bridgehead atoms. The van der Waals surface area contributed by atoms with Gasteiger partial charge in [-0.3, -0.25) is 0 Å². The van der Waals surface area contributed by atoms with Crippen molar-refractivity contribution in [3.8, 4) is 0 Å². The molecule has 2 aliphatic rings. The SMILES string of the molecule is O=C(O)C1=CN2CC=c3ccccc3=C2C=C1. The number of aliphatic carboxylic acids is 1. The van der Waals surface area contributed by atoms with Gasteiger partial charge in [0.05, 0.1) is 5.57 Å². The first-order chi connectivity index (χ1) is 8.25. The molecule has 1 aromatic rings. The first-order valence-corrected chi connectivity index (χ1v) is 5.45. The van der Waals surface area contributed by atoms with Crippen LogP contribution in [0.15, 0.2) is 48.2 Å². The fourth-order valence-electron chi connectivity index (χ4n) is 2.17. The number of carboxylic acid groups (broad SMARTS) is 1. The minimum Gasteiger partial charge on any atom is -0.478 e. The molecule has 0 amide bonds. The standard InChI is InChI=1S/C14H11NO2/c16-14(17)11-5-6-13-12-4-2-1-3-10(12)7-8-15(13)9-11/h1-7,9H,8H2,(H,16,17). The highest BCUT2D eigenvalue weighted by atomic mass is 16.4. The number of fused-ring (bicyclic) bond motifs is 2. The van der Waals surface area contributed by atoms with E-state index < -0.39 is 5.97 Å². The molecule has 3 nitrogen and oxygen atoms in total. The minimum absolute atomic E-state index is 0.321. The quantitative estimate of drug-likeness (QED) is 0.753. The summed E-state index contributed by atoms with van der Waals surface area (Å²) in [6.45, 7) is 0.716. The molecule has 0 saturated heterocycles. The second kappa shape index (κ2) is 3.63. The zero-order chi connectivity index (χ0) is 11.8. The monoisotopic (exact) mass is 225 g/mol. The summed E-state index contributed by atoms with van der Waals surface area (Å²) in [5, 5.41) is 11.3. The molecule has 2 heterocycles. The normalized spacial score (nSPS) is 16.8. The Balaban J connectivity index is 2.20. The molecule has 3 rings (SSSR count). The van der Waals surface area contributed by atoms with Gasteiger partial charge in [0.15, 0.2) is 0 Å². The van der Waals surface area contributed by atoms with E-state index in [9.17, 15) is 4.79 Å². The average Bonchev–Trinajstić information content (AvgIpc) is 2.38. The first kappa shape index (κ1) is 9.90. The third-order valence-electron chi connectivity index (χ3n) is 3.02. The summed E-state index contributed by atoms with van der Waals surface area (Å²) < 4.78 is 0. The van der Waals surface area contributed by atoms with E-state index in [1.165, 1.54) is 5.22 Å². The number of nitrogens with zero attached hydrogens (tertiary/aromatic N) is 1. The molecule has 1 aromatic carbocycles. The van der Waals surface area contributed by atoms with E-state index in [0.29, 0.717) is 12.1 Å². The minimum atomic E-state index is -0.890. The zero-order valence-electron chi connectivity index (χ0n) is 9.13. The van der Waals surface area contributed by atoms with Crippen LogP contribution >= 0.6 is 0 Å². The van der Waals surface area contributed by atoms with E-state index in [1.54, 1.807) is 12.3 Å². The smallest absolute Gasteiger partial charge is 0.337 e. The molecule has 0 fully saturated rings. The van der Waals surface area contributed by atoms with Crippen LogP contribution in [0.3, 0.4) is 0 Å². The molecular formula is C14H11NO2. The highest BCUT2D eigenvalue weighted by Gasteiger charge is 2.16. The first-order valence-electron chi connectivity index (χ1n) is 5.45. The van der Waals surface area contributed by atoms with Crippen molar-refractivity contribution in [2.45, 2.75) is 0 Å². The van der Waals surface area contributed by atoms with Gasteiger partial charge in [-0.05, 0) is 17.4 Å². The molecular weight excluding hydrogens is 214 g/mol. The Bertz CT molecular complexity index is 668. The molecule has 1 N–H and O–H groups in total. The average molecular weight is 225 g/mol. The second-order valence-electron chi connectivity index (χ2n) is 4.05. The Morgan fingerprint density at radius 3 is 2.88 bits per heavy atom. The van der Waals surface area contributed by atoms with Crippen molar-refractivity contribution in [1.82, 2.24) is 4.90 Å². The number of benzene rings is 1. The number of hydrogen-bond donors (Lipinski definition) is 1. The van der Waals surface area contributed by atoms with Crippen LogP contribution in [-0.2, 0) is 4.79 Å². The fraction of sp³-hybridized carbons (Fsp3) is 0.0714. The molecule has 0 aromatic heterocycles. The lowest BCUT2D eigenvalue weighted by Crippen LogP contribution is -2.38. The molecule has 84 valence electrons. The highest BCUT2D eigenvalue weighted by Crippen LogP contribution is 2.17. The van der Waals surface area contributed by atoms with E-state index in [4.69, 9.17) is 5.11 Å². The van der Waals surface area contributed by atoms with Crippen molar-refractivity contribution >= 4 is 17.7 Å². The van der Waals surface area contributed by atoms with Gasteiger partial charge in [-0.15, -0.1) is 0 Å². The lowest BCUT2D eigenvalue weighted by Gasteiger charge is -2.26. The van der Waals surface area contributed by atoms with Gasteiger partial charge in [0.25, 0.3) is 0 Å². The van der Waals surface area contributed by atoms with Crippen LogP contribution < -0.4 is 10.4 Å². The van der Waals surface area contributed by atoms with Crippen molar-refractivity contribution in [2.24, 2.45) is 0 Å². The second-order valence-corrected chi connectivity index (χ2v) is 4.05. The van der Waals surface area contributed by atoms with Crippen LogP contribution in [0.25, 0.3) is 11.8 Å². The summed E-state index contributed by atoms with van der Waals surface area (Å²) in [5.41, 5.74) is 1.38. The van der Waals surface area contributed by atoms with Gasteiger partial charge in [0.1, 0.15) is 0 Å². The molecule has 3 heteroatoms. The summed E-state index contributed by atoms with van der Waals surface area (Å²) in [7, 11) is 0. The Morgan fingerprint density at radius 1 is 1.24 bits per heavy atom. The molecule has 0 unspecified atom stereocenters. The van der Waals surface area contributed by atoms with Crippen LogP contribution in [0.1, 0.15) is 0 Å². The van der Waals surface area contributed by atoms with Crippen LogP contribution in [0.4, 0.5) is 0 Å². The van der Waals surface area contributed by atoms with Gasteiger partial charge in [0, 0.05) is 23.7 Å². The van der Waals surface area contributed by atoms with Crippen LogP contribution in [0, 0.1) is 0 Å². The number of rotatable bonds is 1. The predicted molar refractivity (Wildman–Crippen MR) is 65.1 cm³/mol. The maximum atomic E-state index is 10.9. The van der Waals surface area contributed by atoms with E-state index in [2.05, 4.69) is 18.2 Å². The number of carboxylic acids is 1. The van der Waals surface area contributed by atoms with Gasteiger partial charge in [-0.2, -0.15) is 0 Å². The maximum Gasteiger partial charge on any atom is 0.337 e. The fourth-order valence-corrected chi connectivity index (χ4v) is 2.17. The van der Waals surface area contributed by atoms with Crippen molar-refractivity contribution < 1.29 is 9.90 Å². The number of hydrogen-bond acceptors (Lipinski definition) is 2. The van der Waals surface area contributed by atoms with Crippen molar-refractivity contribution in [1.29, 1.82) is 0 Å². The molecule has 17 heavy (non-hydrogen) atoms. The van der Waals surface area contributed by atoms with Crippen LogP contribution in [-0.4, -0.2) is 22.5 Å². The predicted octanol–water partition coefficient (Wildman–Crippen LogP) is 0.429. The molecule has 0 spiro atoms. The Hall–Kier alpha value is -2.29. The van der Waals surface area contributed by atoms with Crippen molar-refractivity contribution in [2.75, 3.05) is 6.54 Å². The third-order valence-corrected chi connectivity index (χ3v) is 3.02. The van der Waals surface area contributed by atoms with Crippen molar-refractivity contribution in [3.05, 3.63) is 58.6 Å². The van der Waals surface area contributed by atoms with Crippen LogP contribution in [0.2, 0.25) is 0 Å². The molecule has 0 aliphatic carbocycles. The van der Waals surface area contributed by atoms with Gasteiger partial charge in [0.2, 0.25) is 0 Å². The van der Waals surface area contributed by atoms with E-state index in [1.807, 2.05) is 23.1 Å². The van der Waals surface area contributed by atoms with E-state index in [-0.39, 0.29) is 0 Å². The summed E-state index contributed by atoms with van der Waals surface area (Å²) in [6, 6.07) is 8.13.